The van der Waals surface area contributed by atoms with Gasteiger partial charge in [-0.2, -0.15) is 0 Å². The molecule has 2 heteroatoms. The molecule has 29 heavy (non-hydrogen) atoms. The van der Waals surface area contributed by atoms with Gasteiger partial charge in [0, 0.05) is 6.42 Å². The van der Waals surface area contributed by atoms with Gasteiger partial charge in [-0.05, 0) is 44.4 Å². The Bertz CT molecular complexity index is 362. The van der Waals surface area contributed by atoms with Gasteiger partial charge in [0.15, 0.2) is 0 Å². The smallest absolute Gasteiger partial charge is 0.305 e. The van der Waals surface area contributed by atoms with Crippen LogP contribution in [0.15, 0.2) is 12.2 Å². The molecule has 0 aromatic rings. The molecule has 0 amide bonds. The topological polar surface area (TPSA) is 26.3 Å². The van der Waals surface area contributed by atoms with Gasteiger partial charge in [0.25, 0.3) is 0 Å². The van der Waals surface area contributed by atoms with Gasteiger partial charge in [0.1, 0.15) is 0 Å². The number of carbonyl (C=O) groups is 1. The van der Waals surface area contributed by atoms with E-state index in [1.54, 1.807) is 0 Å². The normalized spacial score (nSPS) is 12.5. The lowest BCUT2D eigenvalue weighted by Crippen LogP contribution is -2.13. The first kappa shape index (κ1) is 28.2. The van der Waals surface area contributed by atoms with Gasteiger partial charge in [-0.1, -0.05) is 110 Å². The highest BCUT2D eigenvalue weighted by atomic mass is 16.5. The summed E-state index contributed by atoms with van der Waals surface area (Å²) in [5.41, 5.74) is 0. The molecule has 0 heterocycles. The second-order valence-corrected chi connectivity index (χ2v) is 8.79. The third kappa shape index (κ3) is 21.7. The summed E-state index contributed by atoms with van der Waals surface area (Å²) in [6.45, 7) is 7.34. The van der Waals surface area contributed by atoms with E-state index in [1.807, 2.05) is 0 Å². The maximum absolute atomic E-state index is 11.9. The van der Waals surface area contributed by atoms with Crippen LogP contribution in [-0.4, -0.2) is 12.6 Å². The van der Waals surface area contributed by atoms with Gasteiger partial charge in [-0.3, -0.25) is 4.79 Å². The van der Waals surface area contributed by atoms with E-state index in [1.165, 1.54) is 96.3 Å². The summed E-state index contributed by atoms with van der Waals surface area (Å²) in [5, 5.41) is 0. The van der Waals surface area contributed by atoms with E-state index in [0.29, 0.717) is 18.9 Å². The fraction of sp³-hybridized carbons (Fsp3) is 0.889. The van der Waals surface area contributed by atoms with E-state index in [0.717, 1.165) is 19.3 Å². The summed E-state index contributed by atoms with van der Waals surface area (Å²) in [5.74, 6) is 0.566. The molecule has 0 aromatic heterocycles. The summed E-state index contributed by atoms with van der Waals surface area (Å²) in [6.07, 6.45) is 28.2. The minimum Gasteiger partial charge on any atom is -0.465 e. The van der Waals surface area contributed by atoms with E-state index in [9.17, 15) is 4.79 Å². The van der Waals surface area contributed by atoms with Crippen molar-refractivity contribution in [2.24, 2.45) is 5.92 Å². The van der Waals surface area contributed by atoms with Crippen LogP contribution in [0.4, 0.5) is 0 Å². The van der Waals surface area contributed by atoms with Crippen LogP contribution in [0.3, 0.4) is 0 Å². The largest absolute Gasteiger partial charge is 0.465 e. The number of rotatable bonds is 22. The molecule has 0 saturated carbocycles. The van der Waals surface area contributed by atoms with Crippen LogP contribution < -0.4 is 0 Å². The predicted molar refractivity (Wildman–Crippen MR) is 128 cm³/mol. The molecule has 0 bridgehead atoms. The Balaban J connectivity index is 3.38. The van der Waals surface area contributed by atoms with Gasteiger partial charge < -0.3 is 4.74 Å². The second kappa shape index (κ2) is 23.5. The van der Waals surface area contributed by atoms with Crippen molar-refractivity contribution >= 4 is 5.97 Å². The fourth-order valence-corrected chi connectivity index (χ4v) is 3.71. The van der Waals surface area contributed by atoms with Gasteiger partial charge in [-0.25, -0.2) is 0 Å². The first-order valence-electron chi connectivity index (χ1n) is 13.0. The summed E-state index contributed by atoms with van der Waals surface area (Å²) in [7, 11) is 0. The highest BCUT2D eigenvalue weighted by Gasteiger charge is 2.10. The average molecular weight is 409 g/mol. The predicted octanol–water partition coefficient (Wildman–Crippen LogP) is 9.17. The number of hydrogen-bond acceptors (Lipinski definition) is 2. The fourth-order valence-electron chi connectivity index (χ4n) is 3.71. The zero-order valence-electron chi connectivity index (χ0n) is 20.2. The quantitative estimate of drug-likeness (QED) is 0.101. The van der Waals surface area contributed by atoms with E-state index >= 15 is 0 Å². The zero-order chi connectivity index (χ0) is 21.4. The van der Waals surface area contributed by atoms with Crippen molar-refractivity contribution in [1.29, 1.82) is 0 Å². The molecule has 0 radical (unpaired) electrons. The van der Waals surface area contributed by atoms with E-state index < -0.39 is 0 Å². The van der Waals surface area contributed by atoms with Crippen LogP contribution in [0.2, 0.25) is 0 Å². The maximum Gasteiger partial charge on any atom is 0.305 e. The first-order chi connectivity index (χ1) is 14.2. The molecular weight excluding hydrogens is 356 g/mol. The highest BCUT2D eigenvalue weighted by molar-refractivity contribution is 5.69. The molecule has 1 atom stereocenters. The second-order valence-electron chi connectivity index (χ2n) is 8.79. The van der Waals surface area contributed by atoms with Crippen molar-refractivity contribution in [3.8, 4) is 0 Å². The Labute approximate surface area is 183 Å². The molecule has 0 saturated heterocycles. The first-order valence-corrected chi connectivity index (χ1v) is 13.0. The maximum atomic E-state index is 11.9. The van der Waals surface area contributed by atoms with Crippen molar-refractivity contribution in [1.82, 2.24) is 0 Å². The van der Waals surface area contributed by atoms with E-state index in [2.05, 4.69) is 32.9 Å². The molecule has 0 N–H and O–H groups in total. The summed E-state index contributed by atoms with van der Waals surface area (Å²) in [6, 6.07) is 0. The zero-order valence-corrected chi connectivity index (χ0v) is 20.2. The molecule has 1 unspecified atom stereocenters. The lowest BCUT2D eigenvalue weighted by molar-refractivity contribution is -0.145. The van der Waals surface area contributed by atoms with Crippen molar-refractivity contribution in [2.45, 2.75) is 143 Å². The minimum atomic E-state index is 0.0107. The lowest BCUT2D eigenvalue weighted by Gasteiger charge is -2.14. The number of esters is 1. The van der Waals surface area contributed by atoms with Crippen LogP contribution in [0, 0.1) is 5.92 Å². The van der Waals surface area contributed by atoms with Crippen molar-refractivity contribution in [2.75, 3.05) is 6.61 Å². The van der Waals surface area contributed by atoms with Crippen LogP contribution in [0.5, 0.6) is 0 Å². The van der Waals surface area contributed by atoms with Crippen molar-refractivity contribution in [3.05, 3.63) is 12.2 Å². The number of hydrogen-bond donors (Lipinski definition) is 0. The molecule has 2 nitrogen and oxygen atoms in total. The Hall–Kier alpha value is -0.790. The molecule has 0 rings (SSSR count). The van der Waals surface area contributed by atoms with Crippen LogP contribution in [0.25, 0.3) is 0 Å². The van der Waals surface area contributed by atoms with Gasteiger partial charge in [-0.15, -0.1) is 0 Å². The van der Waals surface area contributed by atoms with E-state index in [-0.39, 0.29) is 5.97 Å². The molecule has 0 aliphatic carbocycles. The molecule has 172 valence electrons. The third-order valence-electron chi connectivity index (χ3n) is 5.92. The number of allylic oxidation sites excluding steroid dienone is 2. The van der Waals surface area contributed by atoms with Gasteiger partial charge in [0.05, 0.1) is 6.61 Å². The minimum absolute atomic E-state index is 0.0107. The summed E-state index contributed by atoms with van der Waals surface area (Å²) >= 11 is 0. The molecule has 0 aliphatic heterocycles. The SMILES string of the molecule is CCCCCCCCC=CCCCCCCCC(=O)OCC(CC)CCCCC. The Morgan fingerprint density at radius 2 is 1.21 bits per heavy atom. The molecule has 0 fully saturated rings. The number of unbranched alkanes of at least 4 members (excludes halogenated alkanes) is 13. The Morgan fingerprint density at radius 3 is 1.79 bits per heavy atom. The molecule has 0 spiro atoms. The summed E-state index contributed by atoms with van der Waals surface area (Å²) < 4.78 is 5.50. The number of carbonyl (C=O) groups excluding carboxylic acids is 1. The van der Waals surface area contributed by atoms with E-state index in [4.69, 9.17) is 4.74 Å². The molecule has 0 aliphatic rings. The van der Waals surface area contributed by atoms with Crippen LogP contribution in [-0.2, 0) is 9.53 Å². The molecular formula is C27H52O2. The Kier molecular flexibility index (Phi) is 22.8. The summed E-state index contributed by atoms with van der Waals surface area (Å²) in [4.78, 5) is 11.9. The highest BCUT2D eigenvalue weighted by Crippen LogP contribution is 2.15. The van der Waals surface area contributed by atoms with Crippen molar-refractivity contribution in [3.63, 3.8) is 0 Å². The number of ether oxygens (including phenoxy) is 1. The lowest BCUT2D eigenvalue weighted by atomic mass is 10.00. The van der Waals surface area contributed by atoms with Crippen molar-refractivity contribution < 1.29 is 9.53 Å². The van der Waals surface area contributed by atoms with Crippen LogP contribution >= 0.6 is 0 Å². The third-order valence-corrected chi connectivity index (χ3v) is 5.92. The monoisotopic (exact) mass is 408 g/mol. The van der Waals surface area contributed by atoms with Gasteiger partial charge >= 0.3 is 5.97 Å². The Morgan fingerprint density at radius 1 is 0.690 bits per heavy atom. The molecule has 0 aromatic carbocycles. The average Bonchev–Trinajstić information content (AvgIpc) is 2.73. The standard InChI is InChI=1S/C27H52O2/c1-4-7-9-10-11-12-13-14-15-16-17-18-19-20-22-24-27(28)29-25-26(6-3)23-21-8-5-2/h14-15,26H,4-13,16-25H2,1-3H3. The van der Waals surface area contributed by atoms with Gasteiger partial charge in [0.2, 0.25) is 0 Å². The van der Waals surface area contributed by atoms with Crippen LogP contribution in [0.1, 0.15) is 143 Å².